The van der Waals surface area contributed by atoms with Crippen molar-refractivity contribution in [1.29, 1.82) is 0 Å². The van der Waals surface area contributed by atoms with E-state index in [0.29, 0.717) is 0 Å². The highest BCUT2D eigenvalue weighted by Crippen LogP contribution is 2.49. The van der Waals surface area contributed by atoms with Crippen LogP contribution in [0.1, 0.15) is 0 Å². The molecule has 1 N–H and O–H groups in total. The van der Waals surface area contributed by atoms with Gasteiger partial charge in [-0.05, 0) is 37.4 Å². The van der Waals surface area contributed by atoms with E-state index < -0.39 is 0 Å². The van der Waals surface area contributed by atoms with Crippen LogP contribution in [0.3, 0.4) is 0 Å². The van der Waals surface area contributed by atoms with Crippen molar-refractivity contribution in [3.05, 3.63) is 59.3 Å². The van der Waals surface area contributed by atoms with E-state index in [1.54, 1.807) is 0 Å². The van der Waals surface area contributed by atoms with E-state index in [2.05, 4.69) is 92.0 Å². The van der Waals surface area contributed by atoms with Crippen molar-refractivity contribution in [2.45, 2.75) is 9.79 Å². The molecule has 2 aromatic rings. The topological polar surface area (TPSA) is 21.8 Å². The van der Waals surface area contributed by atoms with Crippen molar-refractivity contribution >= 4 is 39.1 Å². The largest absolute Gasteiger partial charge is 0.359 e. The summed E-state index contributed by atoms with van der Waals surface area (Å²) in [5.74, 6) is 0.913. The van der Waals surface area contributed by atoms with Crippen LogP contribution in [0.4, 0.5) is 11.4 Å². The van der Waals surface area contributed by atoms with Gasteiger partial charge in [-0.1, -0.05) is 46.4 Å². The molecule has 0 atom stereocenters. The second-order valence-corrected chi connectivity index (χ2v) is 8.72. The molecule has 136 valence electrons. The van der Waals surface area contributed by atoms with E-state index in [1.807, 2.05) is 11.8 Å². The summed E-state index contributed by atoms with van der Waals surface area (Å²) in [7, 11) is 2.18. The van der Waals surface area contributed by atoms with Gasteiger partial charge in [0.2, 0.25) is 0 Å². The van der Waals surface area contributed by atoms with Crippen LogP contribution in [0.15, 0.2) is 69.1 Å². The molecule has 0 radical (unpaired) electrons. The number of piperazine rings is 1. The molecule has 2 aliphatic heterocycles. The van der Waals surface area contributed by atoms with Crippen molar-refractivity contribution in [3.8, 4) is 0 Å². The minimum atomic E-state index is 0.821. The maximum Gasteiger partial charge on any atom is 0.104 e. The average Bonchev–Trinajstić information content (AvgIpc) is 2.65. The number of likely N-dealkylation sites (N-methyl/N-ethyl adjacent to an activating group) is 1. The Morgan fingerprint density at radius 1 is 1.08 bits per heavy atom. The second-order valence-electron chi connectivity index (χ2n) is 6.72. The fourth-order valence-electron chi connectivity index (χ4n) is 3.31. The van der Waals surface area contributed by atoms with Crippen LogP contribution in [0.25, 0.3) is 0 Å². The van der Waals surface area contributed by atoms with Gasteiger partial charge in [0.15, 0.2) is 0 Å². The molecule has 2 aliphatic rings. The van der Waals surface area contributed by atoms with Gasteiger partial charge in [0.25, 0.3) is 0 Å². The lowest BCUT2D eigenvalue weighted by Crippen LogP contribution is -2.48. The molecule has 0 unspecified atom stereocenters. The third-order valence-corrected chi connectivity index (χ3v) is 6.48. The zero-order chi connectivity index (χ0) is 18.1. The predicted octanol–water partition coefficient (Wildman–Crippen LogP) is 4.32. The van der Waals surface area contributed by atoms with Crippen LogP contribution in [0, 0.1) is 0 Å². The van der Waals surface area contributed by atoms with Gasteiger partial charge in [-0.3, -0.25) is 9.80 Å². The summed E-state index contributed by atoms with van der Waals surface area (Å²) >= 11 is 5.43. The SMILES string of the molecule is C=C(NCN1CCN(C)CC1)N1c2ccccc2Sc2ccc(Br)cc21. The number of fused-ring (bicyclic) bond motifs is 2. The average molecular weight is 431 g/mol. The van der Waals surface area contributed by atoms with E-state index in [0.717, 1.165) is 43.1 Å². The Morgan fingerprint density at radius 2 is 1.81 bits per heavy atom. The highest BCUT2D eigenvalue weighted by atomic mass is 79.9. The highest BCUT2D eigenvalue weighted by molar-refractivity contribution is 9.10. The molecule has 26 heavy (non-hydrogen) atoms. The van der Waals surface area contributed by atoms with Gasteiger partial charge in [0.1, 0.15) is 5.82 Å². The Balaban J connectivity index is 1.57. The molecule has 2 aromatic carbocycles. The maximum absolute atomic E-state index is 4.36. The summed E-state index contributed by atoms with van der Waals surface area (Å²) in [4.78, 5) is 9.55. The Hall–Kier alpha value is -1.47. The molecule has 2 heterocycles. The van der Waals surface area contributed by atoms with Gasteiger partial charge in [-0.2, -0.15) is 0 Å². The lowest BCUT2D eigenvalue weighted by molar-refractivity contribution is 0.148. The number of nitrogens with zero attached hydrogens (tertiary/aromatic N) is 3. The number of hydrogen-bond donors (Lipinski definition) is 1. The van der Waals surface area contributed by atoms with E-state index in [9.17, 15) is 0 Å². The maximum atomic E-state index is 4.36. The summed E-state index contributed by atoms with van der Waals surface area (Å²) < 4.78 is 1.08. The first kappa shape index (κ1) is 17.9. The Labute approximate surface area is 168 Å². The van der Waals surface area contributed by atoms with Gasteiger partial charge in [-0.15, -0.1) is 0 Å². The highest BCUT2D eigenvalue weighted by Gasteiger charge is 2.25. The van der Waals surface area contributed by atoms with Crippen molar-refractivity contribution in [3.63, 3.8) is 0 Å². The van der Waals surface area contributed by atoms with Crippen LogP contribution < -0.4 is 10.2 Å². The molecule has 0 spiro atoms. The van der Waals surface area contributed by atoms with Gasteiger partial charge >= 0.3 is 0 Å². The predicted molar refractivity (Wildman–Crippen MR) is 113 cm³/mol. The first-order valence-electron chi connectivity index (χ1n) is 8.82. The van der Waals surface area contributed by atoms with Crippen LogP contribution in [0.2, 0.25) is 0 Å². The molecule has 6 heteroatoms. The van der Waals surface area contributed by atoms with Gasteiger partial charge in [0, 0.05) is 40.4 Å². The lowest BCUT2D eigenvalue weighted by atomic mass is 10.2. The number of benzene rings is 2. The molecule has 1 fully saturated rings. The molecule has 0 bridgehead atoms. The minimum Gasteiger partial charge on any atom is -0.359 e. The Bertz CT molecular complexity index is 817. The van der Waals surface area contributed by atoms with Crippen LogP contribution in [-0.4, -0.2) is 49.7 Å². The number of para-hydroxylation sites is 1. The molecule has 0 saturated carbocycles. The molecule has 0 amide bonds. The van der Waals surface area contributed by atoms with Crippen LogP contribution in [0.5, 0.6) is 0 Å². The number of rotatable bonds is 4. The number of anilines is 2. The number of halogens is 1. The summed E-state index contributed by atoms with van der Waals surface area (Å²) in [5, 5.41) is 3.55. The first-order valence-corrected chi connectivity index (χ1v) is 10.4. The first-order chi connectivity index (χ1) is 12.6. The third kappa shape index (κ3) is 3.64. The zero-order valence-corrected chi connectivity index (χ0v) is 17.3. The van der Waals surface area contributed by atoms with Crippen molar-refractivity contribution < 1.29 is 0 Å². The standard InChI is InChI=1S/C20H23BrN4S/c1-15(22-14-24-11-9-23(2)10-12-24)25-17-5-3-4-6-19(17)26-20-8-7-16(21)13-18(20)25/h3-8,13,22H,1,9-12,14H2,2H3. The monoisotopic (exact) mass is 430 g/mol. The number of hydrogen-bond acceptors (Lipinski definition) is 5. The third-order valence-electron chi connectivity index (χ3n) is 4.86. The normalized spacial score (nSPS) is 17.5. The lowest BCUT2D eigenvalue weighted by Gasteiger charge is -2.37. The molecule has 0 aliphatic carbocycles. The summed E-state index contributed by atoms with van der Waals surface area (Å²) in [5.41, 5.74) is 2.35. The molecule has 0 aromatic heterocycles. The van der Waals surface area contributed by atoms with Gasteiger partial charge < -0.3 is 10.2 Å². The smallest absolute Gasteiger partial charge is 0.104 e. The van der Waals surface area contributed by atoms with Gasteiger partial charge in [-0.25, -0.2) is 0 Å². The Morgan fingerprint density at radius 3 is 2.62 bits per heavy atom. The van der Waals surface area contributed by atoms with Crippen molar-refractivity contribution in [2.75, 3.05) is 44.8 Å². The Kier molecular flexibility index (Phi) is 5.27. The van der Waals surface area contributed by atoms with Gasteiger partial charge in [0.05, 0.1) is 18.0 Å². The fraction of sp³-hybridized carbons (Fsp3) is 0.300. The molecule has 4 nitrogen and oxygen atoms in total. The van der Waals surface area contributed by atoms with Crippen LogP contribution in [-0.2, 0) is 0 Å². The second kappa shape index (κ2) is 7.64. The number of nitrogens with one attached hydrogen (secondary N) is 1. The van der Waals surface area contributed by atoms with E-state index >= 15 is 0 Å². The molecular weight excluding hydrogens is 408 g/mol. The minimum absolute atomic E-state index is 0.821. The van der Waals surface area contributed by atoms with E-state index in [4.69, 9.17) is 0 Å². The zero-order valence-electron chi connectivity index (χ0n) is 14.9. The van der Waals surface area contributed by atoms with Crippen molar-refractivity contribution in [2.24, 2.45) is 0 Å². The van der Waals surface area contributed by atoms with Crippen LogP contribution >= 0.6 is 27.7 Å². The quantitative estimate of drug-likeness (QED) is 0.777. The molecular formula is C20H23BrN4S. The summed E-state index contributed by atoms with van der Waals surface area (Å²) in [6, 6.07) is 14.9. The summed E-state index contributed by atoms with van der Waals surface area (Å²) in [6.45, 7) is 9.59. The van der Waals surface area contributed by atoms with Crippen molar-refractivity contribution in [1.82, 2.24) is 15.1 Å². The summed E-state index contributed by atoms with van der Waals surface area (Å²) in [6.07, 6.45) is 0. The molecule has 4 rings (SSSR count). The fourth-order valence-corrected chi connectivity index (χ4v) is 4.69. The van der Waals surface area contributed by atoms with E-state index in [-0.39, 0.29) is 0 Å². The van der Waals surface area contributed by atoms with E-state index in [1.165, 1.54) is 21.2 Å². The molecule has 1 saturated heterocycles.